The third-order valence-electron chi connectivity index (χ3n) is 13.2. The molecule has 0 saturated carbocycles. The van der Waals surface area contributed by atoms with Crippen molar-refractivity contribution in [3.8, 4) is 0 Å². The number of rotatable bonds is 55. The standard InChI is InChI=1S/C65H114O6/c1-4-7-10-13-16-19-22-25-28-30-31-32-33-34-36-37-40-43-46-49-52-55-58-64(67)70-61-62(60-69-63(66)57-54-51-48-45-42-39-27-24-21-18-15-12-9-6-3)71-65(68)59-56-53-50-47-44-41-38-35-29-26-23-20-17-14-11-8-5-2/h8,11,15,17-18,20,24,26-27,29,38,41,62H,4-7,9-10,12-14,16,19,21-23,25,28,30-37,39-40,42-61H2,1-3H3/b11-8-,18-15-,20-17-,27-24-,29-26-,41-38-. The molecular weight excluding hydrogens is 877 g/mol. The molecular formula is C65H114O6. The normalized spacial score (nSPS) is 12.5. The van der Waals surface area contributed by atoms with E-state index in [0.29, 0.717) is 19.3 Å². The van der Waals surface area contributed by atoms with E-state index in [0.717, 1.165) is 122 Å². The molecule has 0 N–H and O–H groups in total. The lowest BCUT2D eigenvalue weighted by atomic mass is 10.0. The quantitative estimate of drug-likeness (QED) is 0.0261. The van der Waals surface area contributed by atoms with Crippen LogP contribution in [0.2, 0.25) is 0 Å². The molecule has 0 aliphatic rings. The fourth-order valence-electron chi connectivity index (χ4n) is 8.63. The van der Waals surface area contributed by atoms with E-state index in [4.69, 9.17) is 14.2 Å². The molecule has 0 aliphatic heterocycles. The highest BCUT2D eigenvalue weighted by Crippen LogP contribution is 2.17. The maximum absolute atomic E-state index is 12.9. The molecule has 6 heteroatoms. The first-order valence-electron chi connectivity index (χ1n) is 30.4. The van der Waals surface area contributed by atoms with Gasteiger partial charge in [0.15, 0.2) is 6.10 Å². The molecule has 0 aromatic heterocycles. The van der Waals surface area contributed by atoms with E-state index < -0.39 is 6.10 Å². The van der Waals surface area contributed by atoms with Crippen molar-refractivity contribution in [1.82, 2.24) is 0 Å². The van der Waals surface area contributed by atoms with Gasteiger partial charge in [-0.25, -0.2) is 0 Å². The third-order valence-corrected chi connectivity index (χ3v) is 13.2. The average Bonchev–Trinajstić information content (AvgIpc) is 3.37. The van der Waals surface area contributed by atoms with Gasteiger partial charge in [-0.2, -0.15) is 0 Å². The predicted octanol–water partition coefficient (Wildman–Crippen LogP) is 20.5. The van der Waals surface area contributed by atoms with Crippen molar-refractivity contribution in [1.29, 1.82) is 0 Å². The molecule has 0 saturated heterocycles. The van der Waals surface area contributed by atoms with Gasteiger partial charge in [0.2, 0.25) is 0 Å². The van der Waals surface area contributed by atoms with E-state index in [1.165, 1.54) is 141 Å². The second-order valence-corrected chi connectivity index (χ2v) is 20.2. The Hall–Kier alpha value is -3.15. The lowest BCUT2D eigenvalue weighted by molar-refractivity contribution is -0.167. The molecule has 0 amide bonds. The Balaban J connectivity index is 4.35. The summed E-state index contributed by atoms with van der Waals surface area (Å²) in [6.45, 7) is 6.49. The zero-order valence-corrected chi connectivity index (χ0v) is 47.0. The summed E-state index contributed by atoms with van der Waals surface area (Å²) in [7, 11) is 0. The molecule has 0 fully saturated rings. The van der Waals surface area contributed by atoms with Crippen LogP contribution < -0.4 is 0 Å². The van der Waals surface area contributed by atoms with Gasteiger partial charge in [0, 0.05) is 19.3 Å². The van der Waals surface area contributed by atoms with Crippen LogP contribution in [0.3, 0.4) is 0 Å². The second-order valence-electron chi connectivity index (χ2n) is 20.2. The fourth-order valence-corrected chi connectivity index (χ4v) is 8.63. The van der Waals surface area contributed by atoms with Gasteiger partial charge < -0.3 is 14.2 Å². The van der Waals surface area contributed by atoms with Crippen LogP contribution in [0.15, 0.2) is 72.9 Å². The monoisotopic (exact) mass is 991 g/mol. The Morgan fingerprint density at radius 1 is 0.296 bits per heavy atom. The minimum Gasteiger partial charge on any atom is -0.462 e. The summed E-state index contributed by atoms with van der Waals surface area (Å²) >= 11 is 0. The summed E-state index contributed by atoms with van der Waals surface area (Å²) in [6.07, 6.45) is 76.2. The first-order chi connectivity index (χ1) is 35.0. The molecule has 0 aromatic carbocycles. The van der Waals surface area contributed by atoms with Gasteiger partial charge in [-0.3, -0.25) is 14.4 Å². The minimum absolute atomic E-state index is 0.0877. The smallest absolute Gasteiger partial charge is 0.306 e. The van der Waals surface area contributed by atoms with E-state index in [1.54, 1.807) is 0 Å². The van der Waals surface area contributed by atoms with Crippen molar-refractivity contribution in [3.63, 3.8) is 0 Å². The highest BCUT2D eigenvalue weighted by atomic mass is 16.6. The Labute approximate surface area is 440 Å². The summed E-state index contributed by atoms with van der Waals surface area (Å²) in [5, 5.41) is 0. The topological polar surface area (TPSA) is 78.9 Å². The molecule has 0 spiro atoms. The molecule has 0 aliphatic carbocycles. The second kappa shape index (κ2) is 59.4. The minimum atomic E-state index is -0.794. The summed E-state index contributed by atoms with van der Waals surface area (Å²) in [5.74, 6) is -0.914. The van der Waals surface area contributed by atoms with Gasteiger partial charge in [-0.15, -0.1) is 0 Å². The number of allylic oxidation sites excluding steroid dienone is 12. The zero-order valence-electron chi connectivity index (χ0n) is 47.0. The van der Waals surface area contributed by atoms with Crippen molar-refractivity contribution in [2.45, 2.75) is 309 Å². The lowest BCUT2D eigenvalue weighted by Gasteiger charge is -2.18. The van der Waals surface area contributed by atoms with Gasteiger partial charge in [-0.1, -0.05) is 273 Å². The maximum atomic E-state index is 12.9. The Kier molecular flexibility index (Phi) is 56.8. The maximum Gasteiger partial charge on any atom is 0.306 e. The van der Waals surface area contributed by atoms with Crippen LogP contribution in [-0.2, 0) is 28.6 Å². The number of carbonyl (C=O) groups is 3. The van der Waals surface area contributed by atoms with Gasteiger partial charge in [0.1, 0.15) is 13.2 Å². The van der Waals surface area contributed by atoms with Crippen LogP contribution in [0.4, 0.5) is 0 Å². The predicted molar refractivity (Wildman–Crippen MR) is 307 cm³/mol. The van der Waals surface area contributed by atoms with Crippen LogP contribution in [-0.4, -0.2) is 37.2 Å². The molecule has 6 nitrogen and oxygen atoms in total. The molecule has 1 unspecified atom stereocenters. The van der Waals surface area contributed by atoms with Crippen molar-refractivity contribution < 1.29 is 28.6 Å². The Morgan fingerprint density at radius 2 is 0.563 bits per heavy atom. The van der Waals surface area contributed by atoms with Gasteiger partial charge in [0.25, 0.3) is 0 Å². The molecule has 71 heavy (non-hydrogen) atoms. The first-order valence-corrected chi connectivity index (χ1v) is 30.4. The summed E-state index contributed by atoms with van der Waals surface area (Å²) in [5.41, 5.74) is 0. The van der Waals surface area contributed by atoms with Crippen molar-refractivity contribution in [2.75, 3.05) is 13.2 Å². The number of esters is 3. The fraction of sp³-hybridized carbons (Fsp3) is 0.769. The van der Waals surface area contributed by atoms with E-state index >= 15 is 0 Å². The average molecular weight is 992 g/mol. The molecule has 0 rings (SSSR count). The number of hydrogen-bond acceptors (Lipinski definition) is 6. The van der Waals surface area contributed by atoms with Crippen LogP contribution in [0, 0.1) is 0 Å². The lowest BCUT2D eigenvalue weighted by Crippen LogP contribution is -2.30. The van der Waals surface area contributed by atoms with E-state index in [2.05, 4.69) is 93.7 Å². The number of hydrogen-bond donors (Lipinski definition) is 0. The van der Waals surface area contributed by atoms with Crippen molar-refractivity contribution in [3.05, 3.63) is 72.9 Å². The third kappa shape index (κ3) is 57.6. The number of ether oxygens (including phenoxy) is 3. The number of unbranched alkanes of at least 4 members (excludes halogenated alkanes) is 32. The molecule has 0 bridgehead atoms. The summed E-state index contributed by atoms with van der Waals surface area (Å²) < 4.78 is 16.9. The van der Waals surface area contributed by atoms with Crippen LogP contribution >= 0.6 is 0 Å². The first kappa shape index (κ1) is 67.8. The molecule has 0 aromatic rings. The van der Waals surface area contributed by atoms with Gasteiger partial charge in [0.05, 0.1) is 0 Å². The van der Waals surface area contributed by atoms with Crippen LogP contribution in [0.5, 0.6) is 0 Å². The SMILES string of the molecule is CC/C=C\C/C=C\C/C=C\C/C=C\CCCCCCC(=O)OC(COC(=O)CCCCCCC/C=C\C/C=C\CCCC)COC(=O)CCCCCCCCCCCCCCCCCCCCCCCC. The Bertz CT molecular complexity index is 1320. The zero-order chi connectivity index (χ0) is 51.4. The molecule has 1 atom stereocenters. The number of carbonyl (C=O) groups excluding carboxylic acids is 3. The van der Waals surface area contributed by atoms with E-state index in [9.17, 15) is 14.4 Å². The highest BCUT2D eigenvalue weighted by Gasteiger charge is 2.19. The summed E-state index contributed by atoms with van der Waals surface area (Å²) in [4.78, 5) is 38.2. The Morgan fingerprint density at radius 3 is 0.901 bits per heavy atom. The van der Waals surface area contributed by atoms with Gasteiger partial charge in [-0.05, 0) is 83.5 Å². The molecule has 0 heterocycles. The van der Waals surface area contributed by atoms with Crippen LogP contribution in [0.1, 0.15) is 303 Å². The highest BCUT2D eigenvalue weighted by molar-refractivity contribution is 5.71. The van der Waals surface area contributed by atoms with E-state index in [1.807, 2.05) is 0 Å². The van der Waals surface area contributed by atoms with Crippen molar-refractivity contribution in [2.24, 2.45) is 0 Å². The van der Waals surface area contributed by atoms with Crippen LogP contribution in [0.25, 0.3) is 0 Å². The summed E-state index contributed by atoms with van der Waals surface area (Å²) in [6, 6.07) is 0. The molecule has 410 valence electrons. The van der Waals surface area contributed by atoms with E-state index in [-0.39, 0.29) is 31.1 Å². The molecule has 0 radical (unpaired) electrons. The van der Waals surface area contributed by atoms with Crippen molar-refractivity contribution >= 4 is 17.9 Å². The van der Waals surface area contributed by atoms with Gasteiger partial charge >= 0.3 is 17.9 Å². The largest absolute Gasteiger partial charge is 0.462 e.